The Labute approximate surface area is 122 Å². The molecule has 2 aromatic heterocycles. The monoisotopic (exact) mass is 281 g/mol. The van der Waals surface area contributed by atoms with E-state index in [1.807, 2.05) is 30.5 Å². The van der Waals surface area contributed by atoms with Crippen LogP contribution in [0.1, 0.15) is 22.1 Å². The minimum absolute atomic E-state index is 0.183. The molecule has 3 heteroatoms. The summed E-state index contributed by atoms with van der Waals surface area (Å²) in [7, 11) is 1.69. The Balaban J connectivity index is 2.05. The van der Waals surface area contributed by atoms with Crippen molar-refractivity contribution in [3.63, 3.8) is 0 Å². The van der Waals surface area contributed by atoms with Crippen molar-refractivity contribution in [2.75, 3.05) is 7.11 Å². The van der Waals surface area contributed by atoms with Crippen LogP contribution in [0.3, 0.4) is 0 Å². The average Bonchev–Trinajstić information content (AvgIpc) is 3.03. The maximum absolute atomic E-state index is 5.23. The normalized spacial score (nSPS) is 12.1. The molecule has 0 saturated heterocycles. The topological polar surface area (TPSA) is 22.1 Å². The molecule has 0 aliphatic carbocycles. The van der Waals surface area contributed by atoms with E-state index >= 15 is 0 Å². The Kier molecular flexibility index (Phi) is 3.79. The van der Waals surface area contributed by atoms with Crippen LogP contribution in [0.5, 0.6) is 5.75 Å². The summed E-state index contributed by atoms with van der Waals surface area (Å²) < 4.78 is 5.23. The van der Waals surface area contributed by atoms with E-state index in [4.69, 9.17) is 4.74 Å². The van der Waals surface area contributed by atoms with E-state index in [-0.39, 0.29) is 5.92 Å². The van der Waals surface area contributed by atoms with Gasteiger partial charge in [0.05, 0.1) is 18.7 Å². The van der Waals surface area contributed by atoms with Crippen LogP contribution in [0.2, 0.25) is 0 Å². The molecule has 0 spiro atoms. The third-order valence-corrected chi connectivity index (χ3v) is 4.20. The first-order valence-corrected chi connectivity index (χ1v) is 7.35. The minimum Gasteiger partial charge on any atom is -0.497 e. The van der Waals surface area contributed by atoms with Gasteiger partial charge in [-0.1, -0.05) is 24.3 Å². The predicted molar refractivity (Wildman–Crippen MR) is 82.5 cm³/mol. The Bertz CT molecular complexity index is 647. The van der Waals surface area contributed by atoms with Gasteiger partial charge in [-0.2, -0.15) is 0 Å². The summed E-state index contributed by atoms with van der Waals surface area (Å²) in [5.74, 6) is 1.06. The number of nitrogens with zero attached hydrogens (tertiary/aromatic N) is 1. The van der Waals surface area contributed by atoms with E-state index in [9.17, 15) is 0 Å². The molecule has 3 rings (SSSR count). The third kappa shape index (κ3) is 2.58. The highest BCUT2D eigenvalue weighted by atomic mass is 32.1. The molecule has 0 aliphatic rings. The van der Waals surface area contributed by atoms with Crippen molar-refractivity contribution in [3.05, 3.63) is 82.3 Å². The molecule has 2 nitrogen and oxygen atoms in total. The van der Waals surface area contributed by atoms with Gasteiger partial charge < -0.3 is 4.74 Å². The van der Waals surface area contributed by atoms with Gasteiger partial charge in [0.2, 0.25) is 0 Å². The molecule has 2 heterocycles. The number of aromatic nitrogens is 1. The van der Waals surface area contributed by atoms with E-state index in [2.05, 4.69) is 40.7 Å². The molecule has 1 atom stereocenters. The quantitative estimate of drug-likeness (QED) is 0.710. The Morgan fingerprint density at radius 2 is 1.85 bits per heavy atom. The van der Waals surface area contributed by atoms with Crippen LogP contribution in [0.4, 0.5) is 0 Å². The molecule has 0 saturated carbocycles. The molecule has 1 unspecified atom stereocenters. The summed E-state index contributed by atoms with van der Waals surface area (Å²) in [4.78, 5) is 5.83. The minimum atomic E-state index is 0.183. The number of pyridine rings is 1. The number of hydrogen-bond donors (Lipinski definition) is 0. The van der Waals surface area contributed by atoms with Crippen molar-refractivity contribution in [2.24, 2.45) is 0 Å². The van der Waals surface area contributed by atoms with Crippen LogP contribution < -0.4 is 4.74 Å². The van der Waals surface area contributed by atoms with Crippen molar-refractivity contribution >= 4 is 11.3 Å². The summed E-state index contributed by atoms with van der Waals surface area (Å²) >= 11 is 1.76. The number of benzene rings is 1. The van der Waals surface area contributed by atoms with Crippen LogP contribution >= 0.6 is 11.3 Å². The molecule has 3 aromatic rings. The summed E-state index contributed by atoms with van der Waals surface area (Å²) in [6.45, 7) is 0. The molecule has 0 fully saturated rings. The second kappa shape index (κ2) is 5.88. The SMILES string of the molecule is COc1ccc(C(c2ccccn2)c2cccs2)cc1. The van der Waals surface area contributed by atoms with Crippen molar-refractivity contribution in [1.29, 1.82) is 0 Å². The Hall–Kier alpha value is -2.13. The van der Waals surface area contributed by atoms with Crippen LogP contribution in [0.15, 0.2) is 66.2 Å². The first-order chi connectivity index (χ1) is 9.88. The lowest BCUT2D eigenvalue weighted by Crippen LogP contribution is -2.03. The Morgan fingerprint density at radius 1 is 1.00 bits per heavy atom. The molecule has 0 N–H and O–H groups in total. The smallest absolute Gasteiger partial charge is 0.118 e. The van der Waals surface area contributed by atoms with Crippen LogP contribution in [-0.2, 0) is 0 Å². The second-order valence-electron chi connectivity index (χ2n) is 4.48. The highest BCUT2D eigenvalue weighted by Crippen LogP contribution is 2.34. The molecule has 0 radical (unpaired) electrons. The van der Waals surface area contributed by atoms with Gasteiger partial charge in [0, 0.05) is 11.1 Å². The number of ether oxygens (including phenoxy) is 1. The summed E-state index contributed by atoms with van der Waals surface area (Å²) in [6.07, 6.45) is 1.85. The number of rotatable bonds is 4. The van der Waals surface area contributed by atoms with E-state index in [0.717, 1.165) is 11.4 Å². The van der Waals surface area contributed by atoms with Gasteiger partial charge in [-0.3, -0.25) is 4.98 Å². The summed E-state index contributed by atoms with van der Waals surface area (Å²) in [5, 5.41) is 2.11. The van der Waals surface area contributed by atoms with Crippen molar-refractivity contribution in [3.8, 4) is 5.75 Å². The molecule has 1 aromatic carbocycles. The predicted octanol–water partition coefficient (Wildman–Crippen LogP) is 4.33. The fraction of sp³-hybridized carbons (Fsp3) is 0.118. The van der Waals surface area contributed by atoms with Gasteiger partial charge in [-0.25, -0.2) is 0 Å². The first-order valence-electron chi connectivity index (χ1n) is 6.47. The van der Waals surface area contributed by atoms with Crippen LogP contribution in [-0.4, -0.2) is 12.1 Å². The van der Waals surface area contributed by atoms with E-state index in [1.54, 1.807) is 18.4 Å². The molecule has 0 amide bonds. The highest BCUT2D eigenvalue weighted by molar-refractivity contribution is 7.10. The van der Waals surface area contributed by atoms with Crippen molar-refractivity contribution < 1.29 is 4.74 Å². The van der Waals surface area contributed by atoms with Gasteiger partial charge in [-0.15, -0.1) is 11.3 Å². The van der Waals surface area contributed by atoms with Gasteiger partial charge in [0.25, 0.3) is 0 Å². The number of methoxy groups -OCH3 is 1. The highest BCUT2D eigenvalue weighted by Gasteiger charge is 2.18. The Morgan fingerprint density at radius 3 is 2.45 bits per heavy atom. The van der Waals surface area contributed by atoms with Gasteiger partial charge in [0.15, 0.2) is 0 Å². The standard InChI is InChI=1S/C17H15NOS/c1-19-14-9-7-13(8-10-14)17(16-6-4-12-20-16)15-5-2-3-11-18-15/h2-12,17H,1H3. The fourth-order valence-corrected chi connectivity index (χ4v) is 3.14. The van der Waals surface area contributed by atoms with Gasteiger partial charge >= 0.3 is 0 Å². The summed E-state index contributed by atoms with van der Waals surface area (Å²) in [5.41, 5.74) is 2.30. The van der Waals surface area contributed by atoms with E-state index in [0.29, 0.717) is 0 Å². The van der Waals surface area contributed by atoms with Crippen molar-refractivity contribution in [2.45, 2.75) is 5.92 Å². The molecular formula is C17H15NOS. The zero-order chi connectivity index (χ0) is 13.8. The van der Waals surface area contributed by atoms with Crippen LogP contribution in [0, 0.1) is 0 Å². The average molecular weight is 281 g/mol. The van der Waals surface area contributed by atoms with Gasteiger partial charge in [0.1, 0.15) is 5.75 Å². The molecular weight excluding hydrogens is 266 g/mol. The van der Waals surface area contributed by atoms with Crippen molar-refractivity contribution in [1.82, 2.24) is 4.98 Å². The summed E-state index contributed by atoms with van der Waals surface area (Å²) in [6, 6.07) is 18.5. The largest absolute Gasteiger partial charge is 0.497 e. The molecule has 100 valence electrons. The van der Waals surface area contributed by atoms with Gasteiger partial charge in [-0.05, 0) is 41.3 Å². The lowest BCUT2D eigenvalue weighted by atomic mass is 9.93. The lowest BCUT2D eigenvalue weighted by molar-refractivity contribution is 0.414. The fourth-order valence-electron chi connectivity index (χ4n) is 2.28. The number of thiophene rings is 1. The lowest BCUT2D eigenvalue weighted by Gasteiger charge is -2.16. The zero-order valence-corrected chi connectivity index (χ0v) is 12.0. The maximum atomic E-state index is 5.23. The van der Waals surface area contributed by atoms with Crippen LogP contribution in [0.25, 0.3) is 0 Å². The molecule has 0 bridgehead atoms. The second-order valence-corrected chi connectivity index (χ2v) is 5.46. The third-order valence-electron chi connectivity index (χ3n) is 3.26. The number of hydrogen-bond acceptors (Lipinski definition) is 3. The zero-order valence-electron chi connectivity index (χ0n) is 11.2. The molecule has 0 aliphatic heterocycles. The molecule has 20 heavy (non-hydrogen) atoms. The van der Waals surface area contributed by atoms with E-state index < -0.39 is 0 Å². The van der Waals surface area contributed by atoms with E-state index in [1.165, 1.54) is 10.4 Å². The maximum Gasteiger partial charge on any atom is 0.118 e. The first kappa shape index (κ1) is 12.9.